The van der Waals surface area contributed by atoms with E-state index in [1.165, 1.54) is 0 Å². The van der Waals surface area contributed by atoms with E-state index in [2.05, 4.69) is 26.3 Å². The first-order chi connectivity index (χ1) is 12.1. The van der Waals surface area contributed by atoms with Crippen LogP contribution in [0, 0.1) is 17.1 Å². The number of aliphatic hydroxyl groups excluding tert-OH is 1. The highest BCUT2D eigenvalue weighted by molar-refractivity contribution is 5.54. The second kappa shape index (κ2) is 7.27. The fourth-order valence-corrected chi connectivity index (χ4v) is 2.79. The summed E-state index contributed by atoms with van der Waals surface area (Å²) in [4.78, 5) is 16.1. The Bertz CT molecular complexity index is 794. The second-order valence-electron chi connectivity index (χ2n) is 5.65. The third-order valence-electron chi connectivity index (χ3n) is 3.96. The van der Waals surface area contributed by atoms with E-state index in [9.17, 15) is 14.8 Å². The van der Waals surface area contributed by atoms with Gasteiger partial charge in [0.25, 0.3) is 0 Å². The standard InChI is InChI=1S/C16H18FN7O/c1-19-14-13(17)8-21-16(22-14)24-6-5-23(9-12(25)10-24)15-11(7-18)3-2-4-20-15/h2-4,8,12,25H,5-6,9-10H2,1H3,(H,19,21,22). The maximum atomic E-state index is 13.6. The Morgan fingerprint density at radius 3 is 2.84 bits per heavy atom. The highest BCUT2D eigenvalue weighted by Crippen LogP contribution is 2.21. The number of halogens is 1. The van der Waals surface area contributed by atoms with Gasteiger partial charge in [0.1, 0.15) is 11.9 Å². The molecule has 3 heterocycles. The molecule has 0 aliphatic carbocycles. The van der Waals surface area contributed by atoms with E-state index in [0.29, 0.717) is 43.5 Å². The van der Waals surface area contributed by atoms with Gasteiger partial charge in [-0.25, -0.2) is 14.4 Å². The number of pyridine rings is 1. The molecule has 2 N–H and O–H groups in total. The van der Waals surface area contributed by atoms with Crippen LogP contribution in [-0.2, 0) is 0 Å². The average molecular weight is 343 g/mol. The number of aliphatic hydroxyl groups is 1. The molecule has 0 amide bonds. The van der Waals surface area contributed by atoms with Crippen molar-refractivity contribution in [3.05, 3.63) is 35.9 Å². The van der Waals surface area contributed by atoms with E-state index in [0.717, 1.165) is 6.20 Å². The molecule has 2 aromatic rings. The fourth-order valence-electron chi connectivity index (χ4n) is 2.79. The Balaban J connectivity index is 1.83. The van der Waals surface area contributed by atoms with E-state index >= 15 is 0 Å². The first-order valence-electron chi connectivity index (χ1n) is 7.85. The second-order valence-corrected chi connectivity index (χ2v) is 5.65. The van der Waals surface area contributed by atoms with Crippen molar-refractivity contribution in [2.75, 3.05) is 48.3 Å². The maximum absolute atomic E-state index is 13.6. The van der Waals surface area contributed by atoms with Crippen molar-refractivity contribution >= 4 is 17.6 Å². The summed E-state index contributed by atoms with van der Waals surface area (Å²) in [5.74, 6) is 0.461. The zero-order valence-corrected chi connectivity index (χ0v) is 13.7. The summed E-state index contributed by atoms with van der Waals surface area (Å²) in [5.41, 5.74) is 0.457. The van der Waals surface area contributed by atoms with Crippen molar-refractivity contribution in [3.8, 4) is 6.07 Å². The number of β-amino-alcohol motifs (C(OH)–C–C–N with tert-alkyl or cyclic N) is 1. The Morgan fingerprint density at radius 1 is 1.32 bits per heavy atom. The van der Waals surface area contributed by atoms with E-state index in [1.807, 2.05) is 4.90 Å². The van der Waals surface area contributed by atoms with E-state index in [-0.39, 0.29) is 5.82 Å². The van der Waals surface area contributed by atoms with Crippen LogP contribution in [0.3, 0.4) is 0 Å². The molecule has 9 heteroatoms. The van der Waals surface area contributed by atoms with Gasteiger partial charge in [-0.05, 0) is 12.1 Å². The van der Waals surface area contributed by atoms with Crippen molar-refractivity contribution in [3.63, 3.8) is 0 Å². The van der Waals surface area contributed by atoms with Crippen molar-refractivity contribution in [2.45, 2.75) is 6.10 Å². The topological polar surface area (TPSA) is 101 Å². The Labute approximate surface area is 144 Å². The number of anilines is 3. The summed E-state index contributed by atoms with van der Waals surface area (Å²) in [6.07, 6.45) is 2.03. The fraction of sp³-hybridized carbons (Fsp3) is 0.375. The molecule has 0 saturated carbocycles. The summed E-state index contributed by atoms with van der Waals surface area (Å²) in [5, 5.41) is 22.3. The highest BCUT2D eigenvalue weighted by atomic mass is 19.1. The average Bonchev–Trinajstić information content (AvgIpc) is 2.83. The van der Waals surface area contributed by atoms with Gasteiger partial charge in [0, 0.05) is 39.4 Å². The van der Waals surface area contributed by atoms with Gasteiger partial charge in [0.2, 0.25) is 5.95 Å². The van der Waals surface area contributed by atoms with Crippen LogP contribution in [0.25, 0.3) is 0 Å². The molecule has 1 unspecified atom stereocenters. The van der Waals surface area contributed by atoms with Crippen LogP contribution in [0.15, 0.2) is 24.5 Å². The van der Waals surface area contributed by atoms with Crippen LogP contribution in [0.5, 0.6) is 0 Å². The number of nitrogens with one attached hydrogen (secondary N) is 1. The van der Waals surface area contributed by atoms with Crippen molar-refractivity contribution in [1.82, 2.24) is 15.0 Å². The van der Waals surface area contributed by atoms with E-state index < -0.39 is 11.9 Å². The van der Waals surface area contributed by atoms with Gasteiger partial charge in [0.15, 0.2) is 11.6 Å². The van der Waals surface area contributed by atoms with Crippen LogP contribution < -0.4 is 15.1 Å². The number of hydrogen-bond donors (Lipinski definition) is 2. The maximum Gasteiger partial charge on any atom is 0.227 e. The zero-order valence-electron chi connectivity index (χ0n) is 13.7. The Hall–Kier alpha value is -2.99. The van der Waals surface area contributed by atoms with Crippen LogP contribution in [-0.4, -0.2) is 59.4 Å². The summed E-state index contributed by atoms with van der Waals surface area (Å²) in [7, 11) is 1.58. The lowest BCUT2D eigenvalue weighted by Gasteiger charge is -2.23. The first kappa shape index (κ1) is 16.9. The van der Waals surface area contributed by atoms with Crippen LogP contribution in [0.1, 0.15) is 5.56 Å². The summed E-state index contributed by atoms with van der Waals surface area (Å²) < 4.78 is 13.6. The monoisotopic (exact) mass is 343 g/mol. The molecule has 1 aliphatic rings. The Kier molecular flexibility index (Phi) is 4.90. The normalized spacial score (nSPS) is 17.8. The third kappa shape index (κ3) is 3.59. The van der Waals surface area contributed by atoms with Crippen molar-refractivity contribution in [1.29, 1.82) is 5.26 Å². The molecular weight excluding hydrogens is 325 g/mol. The molecule has 1 atom stereocenters. The quantitative estimate of drug-likeness (QED) is 0.836. The predicted molar refractivity (Wildman–Crippen MR) is 90.9 cm³/mol. The molecule has 1 fully saturated rings. The molecule has 3 rings (SSSR count). The third-order valence-corrected chi connectivity index (χ3v) is 3.96. The minimum atomic E-state index is -0.692. The zero-order chi connectivity index (χ0) is 17.8. The van der Waals surface area contributed by atoms with Gasteiger partial charge in [-0.3, -0.25) is 0 Å². The predicted octanol–water partition coefficient (Wildman–Crippen LogP) is 0.612. The molecule has 8 nitrogen and oxygen atoms in total. The number of nitriles is 1. The van der Waals surface area contributed by atoms with Crippen LogP contribution in [0.4, 0.5) is 22.0 Å². The van der Waals surface area contributed by atoms with Crippen molar-refractivity contribution in [2.24, 2.45) is 0 Å². The molecule has 130 valence electrons. The molecule has 2 aromatic heterocycles. The van der Waals surface area contributed by atoms with Crippen LogP contribution >= 0.6 is 0 Å². The largest absolute Gasteiger partial charge is 0.389 e. The number of hydrogen-bond acceptors (Lipinski definition) is 8. The molecule has 25 heavy (non-hydrogen) atoms. The van der Waals surface area contributed by atoms with Gasteiger partial charge >= 0.3 is 0 Å². The van der Waals surface area contributed by atoms with E-state index in [1.54, 1.807) is 30.3 Å². The van der Waals surface area contributed by atoms with E-state index in [4.69, 9.17) is 0 Å². The molecule has 1 saturated heterocycles. The number of nitrogens with zero attached hydrogens (tertiary/aromatic N) is 6. The molecule has 0 radical (unpaired) electrons. The van der Waals surface area contributed by atoms with Crippen molar-refractivity contribution < 1.29 is 9.50 Å². The lowest BCUT2D eigenvalue weighted by molar-refractivity contribution is 0.190. The van der Waals surface area contributed by atoms with Gasteiger partial charge in [0.05, 0.1) is 17.9 Å². The molecular formula is C16H18FN7O. The highest BCUT2D eigenvalue weighted by Gasteiger charge is 2.25. The molecule has 1 aliphatic heterocycles. The number of rotatable bonds is 3. The molecule has 0 bridgehead atoms. The molecule has 0 spiro atoms. The SMILES string of the molecule is CNc1nc(N2CCN(c3ncccc3C#N)CC(O)C2)ncc1F. The minimum Gasteiger partial charge on any atom is -0.389 e. The van der Waals surface area contributed by atoms with Gasteiger partial charge in [-0.1, -0.05) is 0 Å². The number of aromatic nitrogens is 3. The smallest absolute Gasteiger partial charge is 0.227 e. The first-order valence-corrected chi connectivity index (χ1v) is 7.85. The van der Waals surface area contributed by atoms with Crippen LogP contribution in [0.2, 0.25) is 0 Å². The summed E-state index contributed by atoms with van der Waals surface area (Å²) in [6.45, 7) is 1.67. The van der Waals surface area contributed by atoms with Gasteiger partial charge in [-0.15, -0.1) is 0 Å². The lowest BCUT2D eigenvalue weighted by atomic mass is 10.2. The summed E-state index contributed by atoms with van der Waals surface area (Å²) in [6, 6.07) is 5.51. The Morgan fingerprint density at radius 2 is 2.08 bits per heavy atom. The summed E-state index contributed by atoms with van der Waals surface area (Å²) >= 11 is 0. The van der Waals surface area contributed by atoms with Gasteiger partial charge < -0.3 is 20.2 Å². The molecule has 0 aromatic carbocycles. The minimum absolute atomic E-state index is 0.108. The lowest BCUT2D eigenvalue weighted by Crippen LogP contribution is -2.34. The van der Waals surface area contributed by atoms with Gasteiger partial charge in [-0.2, -0.15) is 10.2 Å².